The molecule has 0 bridgehead atoms. The Morgan fingerprint density at radius 1 is 0.800 bits per heavy atom. The molecule has 0 unspecified atom stereocenters. The van der Waals surface area contributed by atoms with Crippen LogP contribution in [0, 0.1) is 0 Å². The smallest absolute Gasteiger partial charge is 0.342 e. The van der Waals surface area contributed by atoms with Crippen molar-refractivity contribution in [1.82, 2.24) is 0 Å². The van der Waals surface area contributed by atoms with Crippen molar-refractivity contribution in [2.24, 2.45) is 0 Å². The molecule has 3 aromatic carbocycles. The van der Waals surface area contributed by atoms with E-state index in [2.05, 4.69) is 0 Å². The molecule has 0 saturated carbocycles. The van der Waals surface area contributed by atoms with Crippen molar-refractivity contribution in [1.29, 1.82) is 0 Å². The SMILES string of the molecule is O=C(COC(=O)c1ccccc1OCc1ccc(Cl)cc1Cl)c1ccc(Cl)c(Cl)c1. The summed E-state index contributed by atoms with van der Waals surface area (Å²) < 4.78 is 10.9. The number of rotatable bonds is 7. The van der Waals surface area contributed by atoms with Crippen molar-refractivity contribution in [3.63, 3.8) is 0 Å². The maximum Gasteiger partial charge on any atom is 0.342 e. The Balaban J connectivity index is 1.66. The molecular weight excluding hydrogens is 470 g/mol. The van der Waals surface area contributed by atoms with Crippen LogP contribution in [0.3, 0.4) is 0 Å². The first-order valence-electron chi connectivity index (χ1n) is 8.66. The lowest BCUT2D eigenvalue weighted by Gasteiger charge is -2.12. The number of esters is 1. The van der Waals surface area contributed by atoms with Crippen LogP contribution in [0.2, 0.25) is 20.1 Å². The second kappa shape index (κ2) is 10.2. The molecule has 0 aromatic heterocycles. The van der Waals surface area contributed by atoms with E-state index >= 15 is 0 Å². The minimum absolute atomic E-state index is 0.127. The minimum atomic E-state index is -0.693. The Hall–Kier alpha value is -2.24. The number of para-hydroxylation sites is 1. The molecule has 154 valence electrons. The van der Waals surface area contributed by atoms with Gasteiger partial charge < -0.3 is 9.47 Å². The molecule has 4 nitrogen and oxygen atoms in total. The lowest BCUT2D eigenvalue weighted by Crippen LogP contribution is -2.15. The highest BCUT2D eigenvalue weighted by Gasteiger charge is 2.17. The zero-order chi connectivity index (χ0) is 21.7. The largest absolute Gasteiger partial charge is 0.488 e. The summed E-state index contributed by atoms with van der Waals surface area (Å²) >= 11 is 23.8. The third-order valence-electron chi connectivity index (χ3n) is 4.08. The van der Waals surface area contributed by atoms with Gasteiger partial charge in [0.15, 0.2) is 12.4 Å². The van der Waals surface area contributed by atoms with Gasteiger partial charge in [0.1, 0.15) is 17.9 Å². The lowest BCUT2D eigenvalue weighted by molar-refractivity contribution is 0.0470. The predicted octanol–water partition coefficient (Wildman–Crippen LogP) is 6.92. The van der Waals surface area contributed by atoms with Crippen LogP contribution in [0.4, 0.5) is 0 Å². The number of hydrogen-bond donors (Lipinski definition) is 0. The Kier molecular flexibility index (Phi) is 7.62. The predicted molar refractivity (Wildman–Crippen MR) is 118 cm³/mol. The van der Waals surface area contributed by atoms with Gasteiger partial charge in [-0.05, 0) is 42.5 Å². The van der Waals surface area contributed by atoms with E-state index < -0.39 is 18.4 Å². The normalized spacial score (nSPS) is 10.5. The fourth-order valence-electron chi connectivity index (χ4n) is 2.52. The number of carbonyl (C=O) groups is 2. The molecule has 3 aromatic rings. The van der Waals surface area contributed by atoms with E-state index in [1.807, 2.05) is 0 Å². The fourth-order valence-corrected chi connectivity index (χ4v) is 3.28. The van der Waals surface area contributed by atoms with Gasteiger partial charge in [-0.1, -0.05) is 64.6 Å². The van der Waals surface area contributed by atoms with Crippen LogP contribution in [-0.2, 0) is 11.3 Å². The second-order valence-corrected chi connectivity index (χ2v) is 7.81. The molecule has 0 aliphatic heterocycles. The Morgan fingerprint density at radius 3 is 2.30 bits per heavy atom. The van der Waals surface area contributed by atoms with Gasteiger partial charge in [0, 0.05) is 21.2 Å². The van der Waals surface area contributed by atoms with Crippen LogP contribution in [0.1, 0.15) is 26.3 Å². The average Bonchev–Trinajstić information content (AvgIpc) is 2.73. The zero-order valence-electron chi connectivity index (χ0n) is 15.3. The molecule has 8 heteroatoms. The first-order chi connectivity index (χ1) is 14.3. The molecule has 0 fully saturated rings. The molecule has 0 aliphatic rings. The van der Waals surface area contributed by atoms with E-state index in [1.165, 1.54) is 18.2 Å². The summed E-state index contributed by atoms with van der Waals surface area (Å²) in [6.45, 7) is -0.323. The number of carbonyl (C=O) groups excluding carboxylic acids is 2. The minimum Gasteiger partial charge on any atom is -0.488 e. The van der Waals surface area contributed by atoms with Gasteiger partial charge in [-0.25, -0.2) is 4.79 Å². The van der Waals surface area contributed by atoms with Crippen LogP contribution in [0.25, 0.3) is 0 Å². The van der Waals surface area contributed by atoms with E-state index in [1.54, 1.807) is 42.5 Å². The molecule has 0 heterocycles. The Labute approximate surface area is 193 Å². The van der Waals surface area contributed by atoms with Crippen molar-refractivity contribution < 1.29 is 19.1 Å². The molecular formula is C22H14Cl4O4. The first-order valence-corrected chi connectivity index (χ1v) is 10.2. The van der Waals surface area contributed by atoms with Crippen molar-refractivity contribution in [2.45, 2.75) is 6.61 Å². The van der Waals surface area contributed by atoms with Gasteiger partial charge in [0.05, 0.1) is 10.0 Å². The maximum atomic E-state index is 12.5. The van der Waals surface area contributed by atoms with Crippen LogP contribution in [0.15, 0.2) is 60.7 Å². The van der Waals surface area contributed by atoms with Crippen LogP contribution < -0.4 is 4.74 Å². The van der Waals surface area contributed by atoms with E-state index in [0.717, 1.165) is 0 Å². The Morgan fingerprint density at radius 2 is 1.57 bits per heavy atom. The van der Waals surface area contributed by atoms with Gasteiger partial charge in [0.2, 0.25) is 0 Å². The van der Waals surface area contributed by atoms with Crippen molar-refractivity contribution in [2.75, 3.05) is 6.61 Å². The first kappa shape index (κ1) is 22.4. The third-order valence-corrected chi connectivity index (χ3v) is 5.41. The second-order valence-electron chi connectivity index (χ2n) is 6.15. The topological polar surface area (TPSA) is 52.6 Å². The molecule has 3 rings (SSSR count). The van der Waals surface area contributed by atoms with E-state index in [4.69, 9.17) is 55.9 Å². The Bertz CT molecular complexity index is 1100. The number of ether oxygens (including phenoxy) is 2. The fraction of sp³-hybridized carbons (Fsp3) is 0.0909. The molecule has 0 radical (unpaired) electrons. The summed E-state index contributed by atoms with van der Waals surface area (Å²) in [6, 6.07) is 16.0. The van der Waals surface area contributed by atoms with Crippen LogP contribution in [0.5, 0.6) is 5.75 Å². The summed E-state index contributed by atoms with van der Waals surface area (Å²) in [4.78, 5) is 24.8. The molecule has 0 atom stereocenters. The molecule has 0 saturated heterocycles. The number of ketones is 1. The highest BCUT2D eigenvalue weighted by Crippen LogP contribution is 2.25. The quantitative estimate of drug-likeness (QED) is 0.270. The molecule has 0 aliphatic carbocycles. The van der Waals surface area contributed by atoms with Gasteiger partial charge in [-0.15, -0.1) is 0 Å². The zero-order valence-corrected chi connectivity index (χ0v) is 18.4. The standard InChI is InChI=1S/C22H14Cl4O4/c23-15-7-5-14(18(25)10-15)11-29-21-4-2-1-3-16(21)22(28)30-12-20(27)13-6-8-17(24)19(26)9-13/h1-10H,11-12H2. The molecule has 30 heavy (non-hydrogen) atoms. The summed E-state index contributed by atoms with van der Waals surface area (Å²) in [7, 11) is 0. The summed E-state index contributed by atoms with van der Waals surface area (Å²) in [5.41, 5.74) is 1.18. The van der Waals surface area contributed by atoms with E-state index in [9.17, 15) is 9.59 Å². The van der Waals surface area contributed by atoms with Crippen molar-refractivity contribution in [3.8, 4) is 5.75 Å². The van der Waals surface area contributed by atoms with Gasteiger partial charge >= 0.3 is 5.97 Å². The monoisotopic (exact) mass is 482 g/mol. The molecule has 0 N–H and O–H groups in total. The third kappa shape index (κ3) is 5.67. The van der Waals surface area contributed by atoms with Crippen molar-refractivity contribution >= 4 is 58.2 Å². The summed E-state index contributed by atoms with van der Waals surface area (Å²) in [6.07, 6.45) is 0. The van der Waals surface area contributed by atoms with E-state index in [-0.39, 0.29) is 17.2 Å². The van der Waals surface area contributed by atoms with Gasteiger partial charge in [0.25, 0.3) is 0 Å². The highest BCUT2D eigenvalue weighted by atomic mass is 35.5. The summed E-state index contributed by atoms with van der Waals surface area (Å²) in [5, 5.41) is 1.54. The number of halogens is 4. The summed E-state index contributed by atoms with van der Waals surface area (Å²) in [5.74, 6) is -0.801. The average molecular weight is 484 g/mol. The maximum absolute atomic E-state index is 12.5. The molecule has 0 amide bonds. The number of benzene rings is 3. The lowest BCUT2D eigenvalue weighted by atomic mass is 10.1. The molecule has 0 spiro atoms. The van der Waals surface area contributed by atoms with Crippen molar-refractivity contribution in [3.05, 3.63) is 97.4 Å². The van der Waals surface area contributed by atoms with Gasteiger partial charge in [-0.2, -0.15) is 0 Å². The van der Waals surface area contributed by atoms with Crippen LogP contribution in [-0.4, -0.2) is 18.4 Å². The number of hydrogen-bond acceptors (Lipinski definition) is 4. The van der Waals surface area contributed by atoms with Gasteiger partial charge in [-0.3, -0.25) is 4.79 Å². The number of Topliss-reactive ketones (excluding diaryl/α,β-unsaturated/α-hetero) is 1. The van der Waals surface area contributed by atoms with Crippen LogP contribution >= 0.6 is 46.4 Å². The highest BCUT2D eigenvalue weighted by molar-refractivity contribution is 6.42. The van der Waals surface area contributed by atoms with E-state index in [0.29, 0.717) is 31.9 Å².